The number of hydrogen-bond donors (Lipinski definition) is 2. The van der Waals surface area contributed by atoms with E-state index in [1.165, 1.54) is 20.3 Å². The van der Waals surface area contributed by atoms with E-state index in [4.69, 9.17) is 14.2 Å². The van der Waals surface area contributed by atoms with Gasteiger partial charge in [-0.1, -0.05) is 0 Å². The maximum Gasteiger partial charge on any atom is 0.286 e. The van der Waals surface area contributed by atoms with E-state index < -0.39 is 16.5 Å². The second-order valence-electron chi connectivity index (χ2n) is 6.49. The number of amides is 2. The molecule has 1 aliphatic rings. The lowest BCUT2D eigenvalue weighted by molar-refractivity contribution is -0.385. The molecule has 0 saturated heterocycles. The van der Waals surface area contributed by atoms with Crippen LogP contribution in [0.3, 0.4) is 0 Å². The number of carbonyl (C=O) groups is 2. The van der Waals surface area contributed by atoms with E-state index >= 15 is 0 Å². The topological polar surface area (TPSA) is 129 Å². The standard InChI is InChI=1S/C20H21N3O7/c1-28-7-8-30-18-11-16(23(26)27)14(10-17(18)29-2)20(25)21-13-4-5-15-12(9-13)3-6-19(24)22-15/h4-5,9-11H,3,6-8H2,1-2H3,(H,21,25)(H,22,24). The van der Waals surface area contributed by atoms with Gasteiger partial charge in [-0.25, -0.2) is 0 Å². The predicted octanol–water partition coefficient (Wildman–Crippen LogP) is 2.77. The molecule has 0 aromatic heterocycles. The summed E-state index contributed by atoms with van der Waals surface area (Å²) in [5.74, 6) is -0.393. The summed E-state index contributed by atoms with van der Waals surface area (Å²) in [6.07, 6.45) is 0.907. The van der Waals surface area contributed by atoms with Gasteiger partial charge in [-0.15, -0.1) is 0 Å². The molecule has 10 nitrogen and oxygen atoms in total. The maximum atomic E-state index is 12.8. The molecule has 1 heterocycles. The summed E-state index contributed by atoms with van der Waals surface area (Å²) >= 11 is 0. The van der Waals surface area contributed by atoms with E-state index in [9.17, 15) is 19.7 Å². The van der Waals surface area contributed by atoms with Gasteiger partial charge in [-0.2, -0.15) is 0 Å². The summed E-state index contributed by atoms with van der Waals surface area (Å²) in [6.45, 7) is 0.458. The molecule has 0 aliphatic carbocycles. The lowest BCUT2D eigenvalue weighted by Crippen LogP contribution is -2.19. The third-order valence-electron chi connectivity index (χ3n) is 4.53. The van der Waals surface area contributed by atoms with Crippen LogP contribution in [0.25, 0.3) is 0 Å². The summed E-state index contributed by atoms with van der Waals surface area (Å²) < 4.78 is 15.6. The first-order valence-corrected chi connectivity index (χ1v) is 9.15. The van der Waals surface area contributed by atoms with Crippen LogP contribution in [0.1, 0.15) is 22.3 Å². The molecular weight excluding hydrogens is 394 g/mol. The first-order chi connectivity index (χ1) is 14.4. The predicted molar refractivity (Wildman–Crippen MR) is 108 cm³/mol. The van der Waals surface area contributed by atoms with Crippen molar-refractivity contribution in [2.75, 3.05) is 38.1 Å². The van der Waals surface area contributed by atoms with E-state index in [1.54, 1.807) is 18.2 Å². The number of aryl methyl sites for hydroxylation is 1. The van der Waals surface area contributed by atoms with Gasteiger partial charge < -0.3 is 24.8 Å². The van der Waals surface area contributed by atoms with Gasteiger partial charge in [0.1, 0.15) is 12.2 Å². The average molecular weight is 415 g/mol. The SMILES string of the molecule is COCCOc1cc([N+](=O)[O-])c(C(=O)Nc2ccc3c(c2)CCC(=O)N3)cc1OC. The Kier molecular flexibility index (Phi) is 6.48. The van der Waals surface area contributed by atoms with Crippen molar-refractivity contribution in [3.8, 4) is 11.5 Å². The number of carbonyl (C=O) groups excluding carboxylic acids is 2. The lowest BCUT2D eigenvalue weighted by atomic mass is 10.0. The van der Waals surface area contributed by atoms with Gasteiger partial charge in [0.15, 0.2) is 11.5 Å². The van der Waals surface area contributed by atoms with E-state index in [0.717, 1.165) is 11.6 Å². The van der Waals surface area contributed by atoms with Crippen molar-refractivity contribution in [2.45, 2.75) is 12.8 Å². The summed E-state index contributed by atoms with van der Waals surface area (Å²) in [5, 5.41) is 17.0. The van der Waals surface area contributed by atoms with Crippen molar-refractivity contribution in [1.29, 1.82) is 0 Å². The zero-order chi connectivity index (χ0) is 21.7. The van der Waals surface area contributed by atoms with E-state index in [-0.39, 0.29) is 36.2 Å². The molecule has 0 spiro atoms. The Hall–Kier alpha value is -3.66. The molecule has 2 aromatic rings. The zero-order valence-corrected chi connectivity index (χ0v) is 16.5. The first-order valence-electron chi connectivity index (χ1n) is 9.15. The van der Waals surface area contributed by atoms with E-state index in [2.05, 4.69) is 10.6 Å². The van der Waals surface area contributed by atoms with E-state index in [1.807, 2.05) is 0 Å². The molecule has 0 radical (unpaired) electrons. The van der Waals surface area contributed by atoms with Crippen molar-refractivity contribution in [2.24, 2.45) is 0 Å². The average Bonchev–Trinajstić information content (AvgIpc) is 2.73. The molecule has 0 unspecified atom stereocenters. The monoisotopic (exact) mass is 415 g/mol. The Balaban J connectivity index is 1.87. The summed E-state index contributed by atoms with van der Waals surface area (Å²) in [4.78, 5) is 35.2. The van der Waals surface area contributed by atoms with Crippen LogP contribution in [0.5, 0.6) is 11.5 Å². The van der Waals surface area contributed by atoms with Crippen molar-refractivity contribution >= 4 is 28.9 Å². The highest BCUT2D eigenvalue weighted by molar-refractivity contribution is 6.08. The Labute approximate surface area is 172 Å². The number of benzene rings is 2. The smallest absolute Gasteiger partial charge is 0.286 e. The van der Waals surface area contributed by atoms with Crippen molar-refractivity contribution < 1.29 is 28.7 Å². The second kappa shape index (κ2) is 9.23. The minimum absolute atomic E-state index is 0.0604. The molecule has 30 heavy (non-hydrogen) atoms. The number of nitrogens with one attached hydrogen (secondary N) is 2. The molecule has 3 rings (SSSR count). The van der Waals surface area contributed by atoms with Gasteiger partial charge in [0.2, 0.25) is 5.91 Å². The molecule has 0 atom stereocenters. The molecule has 2 N–H and O–H groups in total. The molecule has 10 heteroatoms. The fourth-order valence-corrected chi connectivity index (χ4v) is 3.05. The lowest BCUT2D eigenvalue weighted by Gasteiger charge is -2.18. The Morgan fingerprint density at radius 2 is 1.97 bits per heavy atom. The highest BCUT2D eigenvalue weighted by Crippen LogP contribution is 2.35. The largest absolute Gasteiger partial charge is 0.493 e. The number of hydrogen-bond acceptors (Lipinski definition) is 7. The van der Waals surface area contributed by atoms with Gasteiger partial charge in [0, 0.05) is 31.0 Å². The molecule has 158 valence electrons. The molecular formula is C20H21N3O7. The van der Waals surface area contributed by atoms with Gasteiger partial charge >= 0.3 is 0 Å². The van der Waals surface area contributed by atoms with Crippen LogP contribution in [-0.4, -0.2) is 44.2 Å². The summed E-state index contributed by atoms with van der Waals surface area (Å²) in [7, 11) is 2.88. The molecule has 0 bridgehead atoms. The van der Waals surface area contributed by atoms with Crippen LogP contribution in [0.4, 0.5) is 17.1 Å². The van der Waals surface area contributed by atoms with Crippen molar-refractivity contribution in [1.82, 2.24) is 0 Å². The quantitative estimate of drug-likeness (QED) is 0.385. The van der Waals surface area contributed by atoms with Crippen LogP contribution in [0.2, 0.25) is 0 Å². The zero-order valence-electron chi connectivity index (χ0n) is 16.5. The highest BCUT2D eigenvalue weighted by Gasteiger charge is 2.25. The van der Waals surface area contributed by atoms with Crippen LogP contribution < -0.4 is 20.1 Å². The van der Waals surface area contributed by atoms with Crippen LogP contribution >= 0.6 is 0 Å². The Morgan fingerprint density at radius 3 is 2.67 bits per heavy atom. The van der Waals surface area contributed by atoms with Gasteiger partial charge in [0.25, 0.3) is 11.6 Å². The second-order valence-corrected chi connectivity index (χ2v) is 6.49. The fourth-order valence-electron chi connectivity index (χ4n) is 3.05. The number of methoxy groups -OCH3 is 2. The number of nitrogens with zero attached hydrogens (tertiary/aromatic N) is 1. The maximum absolute atomic E-state index is 12.8. The van der Waals surface area contributed by atoms with Gasteiger partial charge in [0.05, 0.1) is 24.7 Å². The van der Waals surface area contributed by atoms with E-state index in [0.29, 0.717) is 24.2 Å². The first kappa shape index (κ1) is 21.1. The number of nitro groups is 1. The third-order valence-corrected chi connectivity index (χ3v) is 4.53. The van der Waals surface area contributed by atoms with Crippen molar-refractivity contribution in [3.05, 3.63) is 51.6 Å². The van der Waals surface area contributed by atoms with Gasteiger partial charge in [-0.3, -0.25) is 19.7 Å². The normalized spacial score (nSPS) is 12.5. The third kappa shape index (κ3) is 4.66. The molecule has 2 aromatic carbocycles. The minimum Gasteiger partial charge on any atom is -0.493 e. The number of anilines is 2. The Bertz CT molecular complexity index is 991. The van der Waals surface area contributed by atoms with Crippen LogP contribution in [0, 0.1) is 10.1 Å². The van der Waals surface area contributed by atoms with Gasteiger partial charge in [-0.05, 0) is 30.2 Å². The summed E-state index contributed by atoms with van der Waals surface area (Å²) in [6, 6.07) is 7.47. The molecule has 0 fully saturated rings. The number of ether oxygens (including phenoxy) is 3. The fraction of sp³-hybridized carbons (Fsp3) is 0.300. The van der Waals surface area contributed by atoms with Crippen molar-refractivity contribution in [3.63, 3.8) is 0 Å². The minimum atomic E-state index is -0.664. The van der Waals surface area contributed by atoms with Crippen LogP contribution in [-0.2, 0) is 16.0 Å². The van der Waals surface area contributed by atoms with Crippen LogP contribution in [0.15, 0.2) is 30.3 Å². The number of fused-ring (bicyclic) bond motifs is 1. The number of nitro benzene ring substituents is 1. The summed E-state index contributed by atoms with van der Waals surface area (Å²) in [5.41, 5.74) is 1.45. The number of rotatable bonds is 8. The molecule has 2 amide bonds. The molecule has 1 aliphatic heterocycles. The highest BCUT2D eigenvalue weighted by atomic mass is 16.6. The Morgan fingerprint density at radius 1 is 1.17 bits per heavy atom. The molecule has 0 saturated carbocycles.